The number of rotatable bonds is 8. The highest BCUT2D eigenvalue weighted by atomic mass is 16.5. The van der Waals surface area contributed by atoms with Gasteiger partial charge in [-0.1, -0.05) is 26.0 Å². The van der Waals surface area contributed by atoms with E-state index in [1.54, 1.807) is 6.08 Å². The SMILES string of the molecule is CC(C)C(C)N(C)CCOc1cccc(C=CC(=O)O)c1. The minimum absolute atomic E-state index is 0.512. The Kier molecular flexibility index (Phi) is 6.96. The summed E-state index contributed by atoms with van der Waals surface area (Å²) in [5.41, 5.74) is 0.818. The number of hydrogen-bond donors (Lipinski definition) is 1. The van der Waals surface area contributed by atoms with Gasteiger partial charge in [-0.15, -0.1) is 0 Å². The lowest BCUT2D eigenvalue weighted by molar-refractivity contribution is -0.131. The van der Waals surface area contributed by atoms with Crippen molar-refractivity contribution in [1.82, 2.24) is 4.90 Å². The molecule has 0 amide bonds. The lowest BCUT2D eigenvalue weighted by atomic mass is 10.1. The Balaban J connectivity index is 2.49. The summed E-state index contributed by atoms with van der Waals surface area (Å²) in [6.45, 7) is 8.09. The second kappa shape index (κ2) is 8.47. The minimum Gasteiger partial charge on any atom is -0.492 e. The number of carboxylic acids is 1. The summed E-state index contributed by atoms with van der Waals surface area (Å²) in [6.07, 6.45) is 2.68. The number of nitrogens with zero attached hydrogens (tertiary/aromatic N) is 1. The van der Waals surface area contributed by atoms with Crippen LogP contribution in [0.15, 0.2) is 30.3 Å². The van der Waals surface area contributed by atoms with Crippen LogP contribution in [-0.2, 0) is 4.79 Å². The molecule has 0 heterocycles. The fraction of sp³-hybridized carbons (Fsp3) is 0.471. The third kappa shape index (κ3) is 6.45. The van der Waals surface area contributed by atoms with Crippen molar-refractivity contribution < 1.29 is 14.6 Å². The third-order valence-electron chi connectivity index (χ3n) is 3.65. The van der Waals surface area contributed by atoms with Gasteiger partial charge < -0.3 is 14.7 Å². The molecule has 0 bridgehead atoms. The number of likely N-dealkylation sites (N-methyl/N-ethyl adjacent to an activating group) is 1. The molecule has 1 N–H and O–H groups in total. The Labute approximate surface area is 127 Å². The van der Waals surface area contributed by atoms with Crippen LogP contribution in [0.5, 0.6) is 5.75 Å². The van der Waals surface area contributed by atoms with E-state index < -0.39 is 5.97 Å². The predicted octanol–water partition coefficient (Wildman–Crippen LogP) is 3.14. The molecule has 1 rings (SSSR count). The van der Waals surface area contributed by atoms with E-state index in [2.05, 4.69) is 32.7 Å². The molecule has 0 aliphatic heterocycles. The van der Waals surface area contributed by atoms with E-state index in [1.807, 2.05) is 24.3 Å². The maximum atomic E-state index is 10.5. The van der Waals surface area contributed by atoms with Gasteiger partial charge in [0.2, 0.25) is 0 Å². The number of hydrogen-bond acceptors (Lipinski definition) is 3. The molecule has 0 aliphatic rings. The van der Waals surface area contributed by atoms with Crippen molar-refractivity contribution >= 4 is 12.0 Å². The topological polar surface area (TPSA) is 49.8 Å². The summed E-state index contributed by atoms with van der Waals surface area (Å²) < 4.78 is 5.73. The largest absolute Gasteiger partial charge is 0.492 e. The summed E-state index contributed by atoms with van der Waals surface area (Å²) in [5, 5.41) is 8.62. The van der Waals surface area contributed by atoms with Crippen LogP contribution in [0.1, 0.15) is 26.3 Å². The molecule has 1 unspecified atom stereocenters. The molecule has 0 aliphatic carbocycles. The van der Waals surface area contributed by atoms with Crippen LogP contribution in [-0.4, -0.2) is 42.2 Å². The second-order valence-electron chi connectivity index (χ2n) is 5.56. The van der Waals surface area contributed by atoms with E-state index >= 15 is 0 Å². The van der Waals surface area contributed by atoms with Gasteiger partial charge in [-0.25, -0.2) is 4.79 Å². The van der Waals surface area contributed by atoms with Gasteiger partial charge >= 0.3 is 5.97 Å². The van der Waals surface area contributed by atoms with Crippen LogP contribution in [0.3, 0.4) is 0 Å². The molecule has 0 saturated heterocycles. The lowest BCUT2D eigenvalue weighted by Gasteiger charge is -2.27. The van der Waals surface area contributed by atoms with Crippen molar-refractivity contribution in [2.75, 3.05) is 20.2 Å². The molecule has 0 fully saturated rings. The zero-order valence-corrected chi connectivity index (χ0v) is 13.2. The molecule has 0 radical (unpaired) electrons. The van der Waals surface area contributed by atoms with E-state index in [0.29, 0.717) is 18.6 Å². The Morgan fingerprint density at radius 3 is 2.71 bits per heavy atom. The Morgan fingerprint density at radius 1 is 1.38 bits per heavy atom. The van der Waals surface area contributed by atoms with Gasteiger partial charge in [-0.3, -0.25) is 0 Å². The van der Waals surface area contributed by atoms with Crippen LogP contribution in [0.4, 0.5) is 0 Å². The van der Waals surface area contributed by atoms with Crippen LogP contribution in [0.2, 0.25) is 0 Å². The monoisotopic (exact) mass is 291 g/mol. The highest BCUT2D eigenvalue weighted by molar-refractivity contribution is 5.85. The molecule has 4 nitrogen and oxygen atoms in total. The molecule has 1 aromatic rings. The van der Waals surface area contributed by atoms with Gasteiger partial charge in [0.25, 0.3) is 0 Å². The van der Waals surface area contributed by atoms with Gasteiger partial charge in [0.15, 0.2) is 0 Å². The van der Waals surface area contributed by atoms with Crippen molar-refractivity contribution in [2.24, 2.45) is 5.92 Å². The van der Waals surface area contributed by atoms with Crippen molar-refractivity contribution in [3.8, 4) is 5.75 Å². The predicted molar refractivity (Wildman–Crippen MR) is 85.5 cm³/mol. The lowest BCUT2D eigenvalue weighted by Crippen LogP contribution is -2.36. The van der Waals surface area contributed by atoms with E-state index in [9.17, 15) is 4.79 Å². The highest BCUT2D eigenvalue weighted by Crippen LogP contribution is 2.15. The first kappa shape index (κ1) is 17.2. The van der Waals surface area contributed by atoms with Crippen LogP contribution in [0, 0.1) is 5.92 Å². The quantitative estimate of drug-likeness (QED) is 0.748. The normalized spacial score (nSPS) is 13.0. The molecule has 1 aromatic carbocycles. The van der Waals surface area contributed by atoms with E-state index in [0.717, 1.165) is 23.9 Å². The van der Waals surface area contributed by atoms with Crippen LogP contribution < -0.4 is 4.74 Å². The van der Waals surface area contributed by atoms with Gasteiger partial charge in [-0.2, -0.15) is 0 Å². The molecule has 116 valence electrons. The van der Waals surface area contributed by atoms with Crippen molar-refractivity contribution in [2.45, 2.75) is 26.8 Å². The zero-order chi connectivity index (χ0) is 15.8. The second-order valence-corrected chi connectivity index (χ2v) is 5.56. The van der Waals surface area contributed by atoms with Gasteiger partial charge in [0, 0.05) is 18.7 Å². The minimum atomic E-state index is -0.953. The maximum Gasteiger partial charge on any atom is 0.328 e. The maximum absolute atomic E-state index is 10.5. The molecule has 0 aromatic heterocycles. The van der Waals surface area contributed by atoms with Crippen LogP contribution in [0.25, 0.3) is 6.08 Å². The fourth-order valence-corrected chi connectivity index (χ4v) is 1.90. The van der Waals surface area contributed by atoms with Gasteiger partial charge in [0.1, 0.15) is 12.4 Å². The molecular formula is C17H25NO3. The molecule has 0 spiro atoms. The van der Waals surface area contributed by atoms with Crippen LogP contribution >= 0.6 is 0 Å². The van der Waals surface area contributed by atoms with E-state index in [-0.39, 0.29) is 0 Å². The fourth-order valence-electron chi connectivity index (χ4n) is 1.90. The highest BCUT2D eigenvalue weighted by Gasteiger charge is 2.12. The number of aliphatic carboxylic acids is 1. The number of ether oxygens (including phenoxy) is 1. The number of benzene rings is 1. The average Bonchev–Trinajstić information content (AvgIpc) is 2.44. The van der Waals surface area contributed by atoms with E-state index in [1.165, 1.54) is 0 Å². The average molecular weight is 291 g/mol. The zero-order valence-electron chi connectivity index (χ0n) is 13.2. The summed E-state index contributed by atoms with van der Waals surface area (Å²) in [6, 6.07) is 7.93. The van der Waals surface area contributed by atoms with Crippen molar-refractivity contribution in [1.29, 1.82) is 0 Å². The number of carboxylic acid groups (broad SMARTS) is 1. The van der Waals surface area contributed by atoms with Gasteiger partial charge in [0.05, 0.1) is 0 Å². The molecule has 1 atom stereocenters. The molecular weight excluding hydrogens is 266 g/mol. The van der Waals surface area contributed by atoms with E-state index in [4.69, 9.17) is 9.84 Å². The molecule has 21 heavy (non-hydrogen) atoms. The first-order valence-corrected chi connectivity index (χ1v) is 7.24. The first-order valence-electron chi connectivity index (χ1n) is 7.24. The number of carbonyl (C=O) groups is 1. The van der Waals surface area contributed by atoms with Crippen molar-refractivity contribution in [3.63, 3.8) is 0 Å². The Bertz CT molecular complexity index is 483. The Morgan fingerprint density at radius 2 is 2.10 bits per heavy atom. The smallest absolute Gasteiger partial charge is 0.328 e. The standard InChI is InChI=1S/C17H25NO3/c1-13(2)14(3)18(4)10-11-21-16-7-5-6-15(12-16)8-9-17(19)20/h5-9,12-14H,10-11H2,1-4H3,(H,19,20). The molecule has 4 heteroatoms. The summed E-state index contributed by atoms with van der Waals surface area (Å²) in [7, 11) is 2.10. The van der Waals surface area contributed by atoms with Gasteiger partial charge in [-0.05, 0) is 43.7 Å². The third-order valence-corrected chi connectivity index (χ3v) is 3.65. The summed E-state index contributed by atoms with van der Waals surface area (Å²) in [4.78, 5) is 12.8. The van der Waals surface area contributed by atoms with Crippen molar-refractivity contribution in [3.05, 3.63) is 35.9 Å². The molecule has 0 saturated carbocycles. The summed E-state index contributed by atoms with van der Waals surface area (Å²) in [5.74, 6) is 0.415. The summed E-state index contributed by atoms with van der Waals surface area (Å²) >= 11 is 0. The Hall–Kier alpha value is -1.81. The first-order chi connectivity index (χ1) is 9.90.